The van der Waals surface area contributed by atoms with E-state index in [9.17, 15) is 4.79 Å². The van der Waals surface area contributed by atoms with E-state index in [2.05, 4.69) is 27.1 Å². The summed E-state index contributed by atoms with van der Waals surface area (Å²) < 4.78 is 1.77. The zero-order valence-corrected chi connectivity index (χ0v) is 20.2. The lowest BCUT2D eigenvalue weighted by molar-refractivity contribution is 0.0951. The summed E-state index contributed by atoms with van der Waals surface area (Å²) in [5.41, 5.74) is 5.15. The molecule has 0 radical (unpaired) electrons. The highest BCUT2D eigenvalue weighted by Gasteiger charge is 2.19. The van der Waals surface area contributed by atoms with E-state index in [-0.39, 0.29) is 5.91 Å². The molecule has 7 heteroatoms. The predicted octanol–water partition coefficient (Wildman–Crippen LogP) is 3.92. The van der Waals surface area contributed by atoms with Crippen molar-refractivity contribution in [2.24, 2.45) is 0 Å². The molecule has 178 valence electrons. The van der Waals surface area contributed by atoms with Crippen LogP contribution in [0.15, 0.2) is 79.1 Å². The van der Waals surface area contributed by atoms with Crippen molar-refractivity contribution in [1.29, 1.82) is 0 Å². The SMILES string of the molecule is Cc1ccc(-n2cc(C(=O)NCc3ccc(N4CCN(C)CC4)nc3)c(-c3ccccc3)n2)cc1. The molecule has 1 fully saturated rings. The molecule has 0 aliphatic carbocycles. The number of nitrogens with zero attached hydrogens (tertiary/aromatic N) is 5. The number of carbonyl (C=O) groups is 1. The van der Waals surface area contributed by atoms with Gasteiger partial charge in [-0.15, -0.1) is 0 Å². The second-order valence-corrected chi connectivity index (χ2v) is 9.04. The number of aryl methyl sites for hydroxylation is 1. The number of rotatable bonds is 6. The normalized spacial score (nSPS) is 14.2. The Kier molecular flexibility index (Phi) is 6.59. The molecular weight excluding hydrogens is 436 g/mol. The molecule has 0 saturated carbocycles. The minimum atomic E-state index is -0.162. The first kappa shape index (κ1) is 22.8. The molecule has 35 heavy (non-hydrogen) atoms. The quantitative estimate of drug-likeness (QED) is 0.467. The van der Waals surface area contributed by atoms with E-state index in [1.165, 1.54) is 5.56 Å². The second kappa shape index (κ2) is 10.1. The lowest BCUT2D eigenvalue weighted by Gasteiger charge is -2.33. The first-order valence-corrected chi connectivity index (χ1v) is 12.0. The van der Waals surface area contributed by atoms with Crippen molar-refractivity contribution in [2.75, 3.05) is 38.1 Å². The Morgan fingerprint density at radius 1 is 0.943 bits per heavy atom. The maximum absolute atomic E-state index is 13.3. The van der Waals surface area contributed by atoms with Crippen LogP contribution in [0.3, 0.4) is 0 Å². The summed E-state index contributed by atoms with van der Waals surface area (Å²) in [5, 5.41) is 7.81. The Hall–Kier alpha value is -3.97. The van der Waals surface area contributed by atoms with Crippen molar-refractivity contribution in [2.45, 2.75) is 13.5 Å². The smallest absolute Gasteiger partial charge is 0.255 e. The van der Waals surface area contributed by atoms with Gasteiger partial charge in [0.05, 0.1) is 11.3 Å². The monoisotopic (exact) mass is 466 g/mol. The van der Waals surface area contributed by atoms with Crippen molar-refractivity contribution in [1.82, 2.24) is 25.0 Å². The van der Waals surface area contributed by atoms with Crippen molar-refractivity contribution in [3.63, 3.8) is 0 Å². The maximum atomic E-state index is 13.3. The lowest BCUT2D eigenvalue weighted by Crippen LogP contribution is -2.44. The first-order valence-electron chi connectivity index (χ1n) is 12.0. The highest BCUT2D eigenvalue weighted by Crippen LogP contribution is 2.24. The fourth-order valence-corrected chi connectivity index (χ4v) is 4.20. The van der Waals surface area contributed by atoms with Crippen LogP contribution in [-0.2, 0) is 6.54 Å². The van der Waals surface area contributed by atoms with Gasteiger partial charge >= 0.3 is 0 Å². The number of nitrogens with one attached hydrogen (secondary N) is 1. The Bertz CT molecular complexity index is 1270. The Balaban J connectivity index is 1.32. The Labute approximate surface area is 206 Å². The van der Waals surface area contributed by atoms with E-state index in [0.717, 1.165) is 48.8 Å². The maximum Gasteiger partial charge on any atom is 0.255 e. The molecule has 1 N–H and O–H groups in total. The summed E-state index contributed by atoms with van der Waals surface area (Å²) in [6.45, 7) is 6.49. The van der Waals surface area contributed by atoms with Gasteiger partial charge in [-0.2, -0.15) is 5.10 Å². The van der Waals surface area contributed by atoms with E-state index >= 15 is 0 Å². The molecule has 1 amide bonds. The van der Waals surface area contributed by atoms with Gasteiger partial charge in [0.25, 0.3) is 5.91 Å². The van der Waals surface area contributed by atoms with Gasteiger partial charge in [0.2, 0.25) is 0 Å². The lowest BCUT2D eigenvalue weighted by atomic mass is 10.1. The van der Waals surface area contributed by atoms with Gasteiger partial charge in [0.15, 0.2) is 0 Å². The molecule has 2 aromatic carbocycles. The average Bonchev–Trinajstić information content (AvgIpc) is 3.35. The molecule has 0 spiro atoms. The number of pyridine rings is 1. The Morgan fingerprint density at radius 2 is 1.69 bits per heavy atom. The van der Waals surface area contributed by atoms with Crippen LogP contribution in [0, 0.1) is 6.92 Å². The van der Waals surface area contributed by atoms with Crippen LogP contribution < -0.4 is 10.2 Å². The zero-order chi connectivity index (χ0) is 24.2. The van der Waals surface area contributed by atoms with Crippen molar-refractivity contribution in [3.05, 3.63) is 95.8 Å². The van der Waals surface area contributed by atoms with Crippen molar-refractivity contribution < 1.29 is 4.79 Å². The van der Waals surface area contributed by atoms with Gasteiger partial charge in [0.1, 0.15) is 11.5 Å². The van der Waals surface area contributed by atoms with E-state index < -0.39 is 0 Å². The second-order valence-electron chi connectivity index (χ2n) is 9.04. The third-order valence-corrected chi connectivity index (χ3v) is 6.39. The number of carbonyl (C=O) groups excluding carboxylic acids is 1. The summed E-state index contributed by atoms with van der Waals surface area (Å²) in [6, 6.07) is 22.0. The van der Waals surface area contributed by atoms with Gasteiger partial charge in [-0.1, -0.05) is 54.1 Å². The van der Waals surface area contributed by atoms with Gasteiger partial charge in [-0.3, -0.25) is 4.79 Å². The highest BCUT2D eigenvalue weighted by atomic mass is 16.1. The molecule has 5 rings (SSSR count). The standard InChI is InChI=1S/C28H30N6O/c1-21-8-11-24(12-9-21)34-20-25(27(31-34)23-6-4-3-5-7-23)28(35)30-19-22-10-13-26(29-18-22)33-16-14-32(2)15-17-33/h3-13,18,20H,14-17,19H2,1-2H3,(H,30,35). The number of piperazine rings is 1. The van der Waals surface area contributed by atoms with Crippen LogP contribution in [0.2, 0.25) is 0 Å². The first-order chi connectivity index (χ1) is 17.1. The van der Waals surface area contributed by atoms with E-state index in [0.29, 0.717) is 17.8 Å². The number of aromatic nitrogens is 3. The minimum absolute atomic E-state index is 0.162. The van der Waals surface area contributed by atoms with Gasteiger partial charge in [-0.25, -0.2) is 9.67 Å². The Morgan fingerprint density at radius 3 is 2.37 bits per heavy atom. The number of hydrogen-bond acceptors (Lipinski definition) is 5. The fourth-order valence-electron chi connectivity index (χ4n) is 4.20. The number of hydrogen-bond donors (Lipinski definition) is 1. The summed E-state index contributed by atoms with van der Waals surface area (Å²) in [6.07, 6.45) is 3.65. The molecule has 7 nitrogen and oxygen atoms in total. The summed E-state index contributed by atoms with van der Waals surface area (Å²) in [5.74, 6) is 0.823. The summed E-state index contributed by atoms with van der Waals surface area (Å²) in [4.78, 5) is 22.5. The molecular formula is C28H30N6O. The number of likely N-dealkylation sites (N-methyl/N-ethyl adjacent to an activating group) is 1. The fraction of sp³-hybridized carbons (Fsp3) is 0.250. The number of benzene rings is 2. The molecule has 4 aromatic rings. The third kappa shape index (κ3) is 5.25. The predicted molar refractivity (Wildman–Crippen MR) is 139 cm³/mol. The molecule has 1 aliphatic heterocycles. The van der Waals surface area contributed by atoms with Crippen LogP contribution in [0.25, 0.3) is 16.9 Å². The largest absolute Gasteiger partial charge is 0.354 e. The summed E-state index contributed by atoms with van der Waals surface area (Å²) >= 11 is 0. The molecule has 2 aromatic heterocycles. The third-order valence-electron chi connectivity index (χ3n) is 6.39. The highest BCUT2D eigenvalue weighted by molar-refractivity contribution is 5.99. The average molecular weight is 467 g/mol. The number of anilines is 1. The topological polar surface area (TPSA) is 66.3 Å². The van der Waals surface area contributed by atoms with Crippen molar-refractivity contribution in [3.8, 4) is 16.9 Å². The van der Waals surface area contributed by atoms with Crippen LogP contribution >= 0.6 is 0 Å². The molecule has 0 atom stereocenters. The van der Waals surface area contributed by atoms with Crippen LogP contribution in [0.4, 0.5) is 5.82 Å². The molecule has 0 bridgehead atoms. The van der Waals surface area contributed by atoms with E-state index in [1.807, 2.05) is 79.9 Å². The van der Waals surface area contributed by atoms with Crippen molar-refractivity contribution >= 4 is 11.7 Å². The van der Waals surface area contributed by atoms with Crippen LogP contribution in [-0.4, -0.2) is 58.8 Å². The number of amides is 1. The molecule has 3 heterocycles. The molecule has 1 aliphatic rings. The van der Waals surface area contributed by atoms with Crippen LogP contribution in [0.5, 0.6) is 0 Å². The van der Waals surface area contributed by atoms with Gasteiger partial charge < -0.3 is 15.1 Å². The van der Waals surface area contributed by atoms with Crippen LogP contribution in [0.1, 0.15) is 21.5 Å². The van der Waals surface area contributed by atoms with E-state index in [4.69, 9.17) is 5.10 Å². The minimum Gasteiger partial charge on any atom is -0.354 e. The van der Waals surface area contributed by atoms with Gasteiger partial charge in [0, 0.05) is 50.7 Å². The summed E-state index contributed by atoms with van der Waals surface area (Å²) in [7, 11) is 2.14. The van der Waals surface area contributed by atoms with E-state index in [1.54, 1.807) is 10.9 Å². The zero-order valence-electron chi connectivity index (χ0n) is 20.2. The molecule has 0 unspecified atom stereocenters. The van der Waals surface area contributed by atoms with Gasteiger partial charge in [-0.05, 0) is 37.7 Å². The molecule has 1 saturated heterocycles.